The number of hydrogen-bond donors (Lipinski definition) is 2. The molecule has 0 radical (unpaired) electrons. The lowest BCUT2D eigenvalue weighted by Crippen LogP contribution is -2.66. The Hall–Kier alpha value is -1.36. The number of rotatable bonds is 2. The first-order chi connectivity index (χ1) is 8.04. The summed E-state index contributed by atoms with van der Waals surface area (Å²) in [6.45, 7) is 1.99. The molecule has 0 aromatic rings. The smallest absolute Gasteiger partial charge is 0.320 e. The summed E-state index contributed by atoms with van der Waals surface area (Å²) in [4.78, 5) is 23.4. The third kappa shape index (κ3) is 1.74. The summed E-state index contributed by atoms with van der Waals surface area (Å²) in [6.07, 6.45) is 5.30. The highest BCUT2D eigenvalue weighted by Crippen LogP contribution is 2.46. The van der Waals surface area contributed by atoms with Gasteiger partial charge in [-0.2, -0.15) is 0 Å². The first-order valence-corrected chi connectivity index (χ1v) is 5.95. The normalized spacial score (nSPS) is 36.0. The van der Waals surface area contributed by atoms with Crippen LogP contribution in [-0.4, -0.2) is 29.3 Å². The van der Waals surface area contributed by atoms with E-state index < -0.39 is 17.1 Å². The number of nitrogens with one attached hydrogen (secondary N) is 1. The van der Waals surface area contributed by atoms with E-state index in [2.05, 4.69) is 5.32 Å². The summed E-state index contributed by atoms with van der Waals surface area (Å²) in [6, 6.07) is 0. The molecule has 2 rings (SSSR count). The summed E-state index contributed by atoms with van der Waals surface area (Å²) in [5, 5.41) is 13.0. The molecule has 1 heterocycles. The van der Waals surface area contributed by atoms with Gasteiger partial charge in [0.1, 0.15) is 5.41 Å². The van der Waals surface area contributed by atoms with Crippen molar-refractivity contribution in [2.24, 2.45) is 5.41 Å². The molecule has 0 unspecified atom stereocenters. The van der Waals surface area contributed by atoms with Gasteiger partial charge in [0.25, 0.3) is 0 Å². The van der Waals surface area contributed by atoms with Crippen LogP contribution in [0.3, 0.4) is 0 Å². The van der Waals surface area contributed by atoms with Gasteiger partial charge >= 0.3 is 5.97 Å². The molecule has 2 N–H and O–H groups in total. The minimum atomic E-state index is -1.50. The van der Waals surface area contributed by atoms with E-state index in [1.54, 1.807) is 6.92 Å². The molecule has 0 aromatic heterocycles. The van der Waals surface area contributed by atoms with Gasteiger partial charge in [0, 0.05) is 6.08 Å². The summed E-state index contributed by atoms with van der Waals surface area (Å²) in [5.41, 5.74) is -2.61. The van der Waals surface area contributed by atoms with Crippen LogP contribution in [0.2, 0.25) is 0 Å². The van der Waals surface area contributed by atoms with Crippen LogP contribution in [0.4, 0.5) is 0 Å². The van der Waals surface area contributed by atoms with E-state index in [4.69, 9.17) is 4.74 Å². The van der Waals surface area contributed by atoms with Gasteiger partial charge in [0.2, 0.25) is 5.91 Å². The van der Waals surface area contributed by atoms with E-state index in [1.165, 1.54) is 12.2 Å². The number of aliphatic hydroxyl groups is 1. The van der Waals surface area contributed by atoms with Gasteiger partial charge in [0.15, 0.2) is 5.72 Å². The summed E-state index contributed by atoms with van der Waals surface area (Å²) in [7, 11) is 0. The van der Waals surface area contributed by atoms with Gasteiger partial charge in [-0.1, -0.05) is 12.5 Å². The first kappa shape index (κ1) is 12.1. The lowest BCUT2D eigenvalue weighted by Gasteiger charge is -2.48. The molecule has 1 aliphatic carbocycles. The summed E-state index contributed by atoms with van der Waals surface area (Å²) >= 11 is 0. The maximum Gasteiger partial charge on any atom is 0.320 e. The van der Waals surface area contributed by atoms with Crippen LogP contribution in [0.5, 0.6) is 0 Å². The van der Waals surface area contributed by atoms with Crippen molar-refractivity contribution in [2.45, 2.75) is 38.3 Å². The Morgan fingerprint density at radius 3 is 2.94 bits per heavy atom. The lowest BCUT2D eigenvalue weighted by atomic mass is 9.66. The minimum absolute atomic E-state index is 0.262. The Kier molecular flexibility index (Phi) is 2.95. The predicted molar refractivity (Wildman–Crippen MR) is 59.8 cm³/mol. The molecular formula is C12H17NO4. The van der Waals surface area contributed by atoms with E-state index in [-0.39, 0.29) is 12.5 Å². The number of fused-ring (bicyclic) bond motifs is 1. The van der Waals surface area contributed by atoms with Crippen molar-refractivity contribution in [2.75, 3.05) is 6.61 Å². The fourth-order valence-corrected chi connectivity index (χ4v) is 2.67. The van der Waals surface area contributed by atoms with Crippen molar-refractivity contribution in [3.63, 3.8) is 0 Å². The minimum Gasteiger partial charge on any atom is -0.465 e. The topological polar surface area (TPSA) is 75.6 Å². The molecule has 1 fully saturated rings. The number of carbonyl (C=O) groups excluding carboxylic acids is 2. The highest BCUT2D eigenvalue weighted by molar-refractivity contribution is 5.93. The van der Waals surface area contributed by atoms with Gasteiger partial charge in [-0.15, -0.1) is 0 Å². The molecule has 0 saturated heterocycles. The standard InChI is InChI=1S/C12H17NO4/c1-2-17-10(15)11-6-3-4-7-12(11,16)13-9(14)5-8-11/h5,8,16H,2-4,6-7H2,1H3,(H,13,14)/t11-,12-/m0/s1. The highest BCUT2D eigenvalue weighted by atomic mass is 16.5. The van der Waals surface area contributed by atoms with Crippen LogP contribution in [0.15, 0.2) is 12.2 Å². The zero-order chi connectivity index (χ0) is 12.5. The van der Waals surface area contributed by atoms with Crippen molar-refractivity contribution in [1.29, 1.82) is 0 Å². The number of ether oxygens (including phenoxy) is 1. The van der Waals surface area contributed by atoms with E-state index in [9.17, 15) is 14.7 Å². The van der Waals surface area contributed by atoms with E-state index in [0.29, 0.717) is 12.8 Å². The SMILES string of the molecule is CCOC(=O)[C@]12C=CC(=O)N[C@]1(O)CCCC2. The molecule has 2 aliphatic rings. The molecule has 0 bridgehead atoms. The van der Waals surface area contributed by atoms with Gasteiger partial charge in [0.05, 0.1) is 6.61 Å². The van der Waals surface area contributed by atoms with Crippen LogP contribution in [0, 0.1) is 5.41 Å². The van der Waals surface area contributed by atoms with E-state index in [0.717, 1.165) is 12.8 Å². The quantitative estimate of drug-likeness (QED) is 0.687. The third-order valence-electron chi connectivity index (χ3n) is 3.59. The summed E-state index contributed by atoms with van der Waals surface area (Å²) in [5.74, 6) is -0.826. The van der Waals surface area contributed by atoms with E-state index >= 15 is 0 Å². The highest BCUT2D eigenvalue weighted by Gasteiger charge is 2.58. The van der Waals surface area contributed by atoms with Crippen LogP contribution in [-0.2, 0) is 14.3 Å². The fraction of sp³-hybridized carbons (Fsp3) is 0.667. The van der Waals surface area contributed by atoms with Gasteiger partial charge < -0.3 is 15.2 Å². The number of carbonyl (C=O) groups is 2. The third-order valence-corrected chi connectivity index (χ3v) is 3.59. The van der Waals surface area contributed by atoms with Crippen molar-refractivity contribution in [3.05, 3.63) is 12.2 Å². The van der Waals surface area contributed by atoms with Gasteiger partial charge in [-0.05, 0) is 26.2 Å². The fourth-order valence-electron chi connectivity index (χ4n) is 2.67. The number of hydrogen-bond acceptors (Lipinski definition) is 4. The Labute approximate surface area is 99.8 Å². The largest absolute Gasteiger partial charge is 0.465 e. The zero-order valence-electron chi connectivity index (χ0n) is 9.86. The molecule has 2 atom stereocenters. The molecule has 5 heteroatoms. The number of amides is 1. The van der Waals surface area contributed by atoms with E-state index in [1.807, 2.05) is 0 Å². The molecule has 0 spiro atoms. The van der Waals surface area contributed by atoms with Crippen LogP contribution in [0.25, 0.3) is 0 Å². The zero-order valence-corrected chi connectivity index (χ0v) is 9.86. The lowest BCUT2D eigenvalue weighted by molar-refractivity contribution is -0.183. The maximum absolute atomic E-state index is 12.1. The molecule has 0 aromatic carbocycles. The molecule has 1 aliphatic heterocycles. The Balaban J connectivity index is 2.40. The van der Waals surface area contributed by atoms with Crippen molar-refractivity contribution in [3.8, 4) is 0 Å². The number of esters is 1. The Morgan fingerprint density at radius 2 is 2.24 bits per heavy atom. The molecule has 17 heavy (non-hydrogen) atoms. The first-order valence-electron chi connectivity index (χ1n) is 5.95. The monoisotopic (exact) mass is 239 g/mol. The molecule has 5 nitrogen and oxygen atoms in total. The molecule has 1 saturated carbocycles. The molecule has 1 amide bonds. The average molecular weight is 239 g/mol. The molecule has 94 valence electrons. The average Bonchev–Trinajstić information content (AvgIpc) is 2.28. The van der Waals surface area contributed by atoms with Crippen molar-refractivity contribution < 1.29 is 19.4 Å². The second-order valence-corrected chi connectivity index (χ2v) is 4.58. The Bertz CT molecular complexity index is 379. The van der Waals surface area contributed by atoms with Gasteiger partial charge in [-0.25, -0.2) is 0 Å². The van der Waals surface area contributed by atoms with Crippen LogP contribution < -0.4 is 5.32 Å². The maximum atomic E-state index is 12.1. The van der Waals surface area contributed by atoms with Gasteiger partial charge in [-0.3, -0.25) is 9.59 Å². The second-order valence-electron chi connectivity index (χ2n) is 4.58. The van der Waals surface area contributed by atoms with Crippen molar-refractivity contribution >= 4 is 11.9 Å². The summed E-state index contributed by atoms with van der Waals surface area (Å²) < 4.78 is 5.04. The predicted octanol–water partition coefficient (Wildman–Crippen LogP) is 0.484. The van der Waals surface area contributed by atoms with Crippen LogP contribution >= 0.6 is 0 Å². The van der Waals surface area contributed by atoms with Crippen molar-refractivity contribution in [1.82, 2.24) is 5.32 Å². The van der Waals surface area contributed by atoms with Crippen LogP contribution in [0.1, 0.15) is 32.6 Å². The Morgan fingerprint density at radius 1 is 1.53 bits per heavy atom. The second kappa shape index (κ2) is 4.14. The molecular weight excluding hydrogens is 222 g/mol.